The summed E-state index contributed by atoms with van der Waals surface area (Å²) in [6.07, 6.45) is 2.31. The Bertz CT molecular complexity index is 1550. The topological polar surface area (TPSA) is 149 Å². The molecule has 3 N–H and O–H groups in total. The molecule has 2 atom stereocenters. The molecule has 1 fully saturated rings. The number of aromatic nitrogens is 2. The van der Waals surface area contributed by atoms with Crippen molar-refractivity contribution in [3.8, 4) is 11.5 Å². The number of nitrogens with one attached hydrogen (secondary N) is 3. The quantitative estimate of drug-likeness (QED) is 0.139. The van der Waals surface area contributed by atoms with E-state index in [2.05, 4.69) is 30.9 Å². The first-order chi connectivity index (χ1) is 19.0. The second-order valence-corrected chi connectivity index (χ2v) is 9.31. The summed E-state index contributed by atoms with van der Waals surface area (Å²) < 4.78 is 5.91. The normalized spacial score (nSPS) is 16.2. The Morgan fingerprint density at radius 2 is 1.97 bits per heavy atom. The van der Waals surface area contributed by atoms with E-state index in [9.17, 15) is 9.59 Å². The lowest BCUT2D eigenvalue weighted by atomic mass is 9.84. The first-order valence-corrected chi connectivity index (χ1v) is 12.6. The van der Waals surface area contributed by atoms with Gasteiger partial charge in [0.25, 0.3) is 5.91 Å². The SMILES string of the molecule is CN/N=C(\N=N)C(c1ccccc1)C1CCN(C(=O)c2cc(-c3nc4cc(NC(C)=O)ccc4o3)ccn2)C1. The number of hydrogen-bond donors (Lipinski definition) is 3. The van der Waals surface area contributed by atoms with Crippen LogP contribution in [0.1, 0.15) is 35.3 Å². The van der Waals surface area contributed by atoms with Crippen molar-refractivity contribution in [2.75, 3.05) is 25.5 Å². The highest BCUT2D eigenvalue weighted by atomic mass is 16.3. The molecule has 198 valence electrons. The van der Waals surface area contributed by atoms with E-state index in [1.807, 2.05) is 30.3 Å². The Kier molecular flexibility index (Phi) is 7.39. The number of anilines is 1. The molecule has 11 nitrogen and oxygen atoms in total. The number of hydrogen-bond acceptors (Lipinski definition) is 8. The Labute approximate surface area is 224 Å². The fourth-order valence-electron chi connectivity index (χ4n) is 4.99. The summed E-state index contributed by atoms with van der Waals surface area (Å²) >= 11 is 0. The monoisotopic (exact) mass is 524 g/mol. The van der Waals surface area contributed by atoms with Gasteiger partial charge in [-0.05, 0) is 48.2 Å². The zero-order chi connectivity index (χ0) is 27.4. The maximum atomic E-state index is 13.5. The van der Waals surface area contributed by atoms with Crippen molar-refractivity contribution in [3.05, 3.63) is 78.1 Å². The highest BCUT2D eigenvalue weighted by Crippen LogP contribution is 2.34. The molecule has 2 unspecified atom stereocenters. The highest BCUT2D eigenvalue weighted by molar-refractivity contribution is 5.94. The van der Waals surface area contributed by atoms with Gasteiger partial charge in [-0.3, -0.25) is 14.6 Å². The molecule has 39 heavy (non-hydrogen) atoms. The predicted molar refractivity (Wildman–Crippen MR) is 146 cm³/mol. The molecule has 0 radical (unpaired) electrons. The third kappa shape index (κ3) is 5.52. The van der Waals surface area contributed by atoms with Gasteiger partial charge in [0.15, 0.2) is 11.4 Å². The number of rotatable bonds is 7. The lowest BCUT2D eigenvalue weighted by molar-refractivity contribution is -0.114. The Balaban J connectivity index is 1.36. The van der Waals surface area contributed by atoms with Gasteiger partial charge in [-0.15, -0.1) is 5.11 Å². The number of oxazole rings is 1. The second-order valence-electron chi connectivity index (χ2n) is 9.31. The molecule has 1 aliphatic rings. The average molecular weight is 525 g/mol. The number of carbonyl (C=O) groups excluding carboxylic acids is 2. The van der Waals surface area contributed by atoms with Crippen LogP contribution in [0.25, 0.3) is 22.6 Å². The summed E-state index contributed by atoms with van der Waals surface area (Å²) in [6.45, 7) is 2.48. The Morgan fingerprint density at radius 3 is 2.72 bits per heavy atom. The molecule has 11 heteroatoms. The van der Waals surface area contributed by atoms with Crippen molar-refractivity contribution < 1.29 is 14.0 Å². The molecule has 0 saturated carbocycles. The molecule has 2 amide bonds. The van der Waals surface area contributed by atoms with Crippen LogP contribution in [0.15, 0.2) is 81.5 Å². The van der Waals surface area contributed by atoms with Crippen molar-refractivity contribution in [1.82, 2.24) is 20.3 Å². The van der Waals surface area contributed by atoms with E-state index < -0.39 is 0 Å². The minimum atomic E-state index is -0.227. The number of amidine groups is 1. The van der Waals surface area contributed by atoms with E-state index in [4.69, 9.17) is 9.95 Å². The van der Waals surface area contributed by atoms with E-state index in [0.717, 1.165) is 12.0 Å². The Hall–Kier alpha value is -4.93. The van der Waals surface area contributed by atoms with Gasteiger partial charge in [0.2, 0.25) is 11.8 Å². The van der Waals surface area contributed by atoms with Gasteiger partial charge in [0.1, 0.15) is 11.2 Å². The predicted octanol–water partition coefficient (Wildman–Crippen LogP) is 4.66. The summed E-state index contributed by atoms with van der Waals surface area (Å²) in [7, 11) is 1.68. The van der Waals surface area contributed by atoms with E-state index >= 15 is 0 Å². The van der Waals surface area contributed by atoms with E-state index in [0.29, 0.717) is 52.9 Å². The zero-order valence-corrected chi connectivity index (χ0v) is 21.6. The van der Waals surface area contributed by atoms with Crippen molar-refractivity contribution in [2.45, 2.75) is 19.3 Å². The molecular formula is C28H28N8O3. The largest absolute Gasteiger partial charge is 0.436 e. The maximum Gasteiger partial charge on any atom is 0.272 e. The number of fused-ring (bicyclic) bond motifs is 1. The highest BCUT2D eigenvalue weighted by Gasteiger charge is 2.36. The summed E-state index contributed by atoms with van der Waals surface area (Å²) in [4.78, 5) is 35.5. The van der Waals surface area contributed by atoms with Crippen LogP contribution in [0, 0.1) is 11.4 Å². The standard InChI is InChI=1S/C28H28N8O3/c1-17(37)32-21-8-9-24-22(15-21)33-27(39-24)19-10-12-31-23(14-19)28(38)36-13-11-20(16-36)25(26(34-29)35-30-2)18-6-4-3-5-7-18/h3-10,12,14-15,20,25,29-30H,11,13,16H2,1-2H3,(H,32,37)/b34-29?,35-26-. The van der Waals surface area contributed by atoms with Crippen LogP contribution in [0.3, 0.4) is 0 Å². The number of amides is 2. The minimum absolute atomic E-state index is 0.0376. The van der Waals surface area contributed by atoms with Crippen molar-refractivity contribution in [1.29, 1.82) is 5.53 Å². The van der Waals surface area contributed by atoms with Crippen LogP contribution in [-0.4, -0.2) is 52.7 Å². The molecule has 1 saturated heterocycles. The Morgan fingerprint density at radius 1 is 1.15 bits per heavy atom. The second kappa shape index (κ2) is 11.2. The van der Waals surface area contributed by atoms with Crippen LogP contribution in [0.5, 0.6) is 0 Å². The van der Waals surface area contributed by atoms with Gasteiger partial charge in [-0.25, -0.2) is 10.5 Å². The van der Waals surface area contributed by atoms with Gasteiger partial charge >= 0.3 is 0 Å². The van der Waals surface area contributed by atoms with Gasteiger partial charge in [0, 0.05) is 44.5 Å². The van der Waals surface area contributed by atoms with Gasteiger partial charge in [-0.1, -0.05) is 30.3 Å². The zero-order valence-electron chi connectivity index (χ0n) is 21.6. The van der Waals surface area contributed by atoms with Gasteiger partial charge in [-0.2, -0.15) is 5.10 Å². The molecule has 5 rings (SSSR count). The molecule has 2 aromatic carbocycles. The number of benzene rings is 2. The number of likely N-dealkylation sites (tertiary alicyclic amines) is 1. The molecule has 2 aromatic heterocycles. The fourth-order valence-corrected chi connectivity index (χ4v) is 4.99. The fraction of sp³-hybridized carbons (Fsp3) is 0.250. The van der Waals surface area contributed by atoms with Crippen LogP contribution < -0.4 is 10.7 Å². The van der Waals surface area contributed by atoms with Crippen LogP contribution in [0.2, 0.25) is 0 Å². The first-order valence-electron chi connectivity index (χ1n) is 12.6. The summed E-state index contributed by atoms with van der Waals surface area (Å²) in [5.74, 6) is 0.181. The summed E-state index contributed by atoms with van der Waals surface area (Å²) in [5, 5.41) is 10.7. The molecule has 4 aromatic rings. The average Bonchev–Trinajstić information content (AvgIpc) is 3.60. The van der Waals surface area contributed by atoms with Crippen LogP contribution >= 0.6 is 0 Å². The minimum Gasteiger partial charge on any atom is -0.436 e. The molecule has 0 spiro atoms. The molecule has 3 heterocycles. The van der Waals surface area contributed by atoms with E-state index in [-0.39, 0.29) is 23.7 Å². The number of carbonyl (C=O) groups is 2. The van der Waals surface area contributed by atoms with Crippen molar-refractivity contribution in [3.63, 3.8) is 0 Å². The summed E-state index contributed by atoms with van der Waals surface area (Å²) in [6, 6.07) is 18.5. The van der Waals surface area contributed by atoms with Crippen molar-refractivity contribution >= 4 is 34.4 Å². The van der Waals surface area contributed by atoms with Crippen molar-refractivity contribution in [2.24, 2.45) is 16.1 Å². The smallest absolute Gasteiger partial charge is 0.272 e. The lowest BCUT2D eigenvalue weighted by Gasteiger charge is -2.23. The maximum absolute atomic E-state index is 13.5. The molecule has 0 aliphatic carbocycles. The third-order valence-electron chi connectivity index (χ3n) is 6.70. The van der Waals surface area contributed by atoms with Gasteiger partial charge < -0.3 is 20.1 Å². The summed E-state index contributed by atoms with van der Waals surface area (Å²) in [5.41, 5.74) is 14.1. The molecule has 1 aliphatic heterocycles. The third-order valence-corrected chi connectivity index (χ3v) is 6.70. The number of hydrazone groups is 1. The molecular weight excluding hydrogens is 496 g/mol. The lowest BCUT2D eigenvalue weighted by Crippen LogP contribution is -2.31. The number of nitrogens with zero attached hydrogens (tertiary/aromatic N) is 5. The van der Waals surface area contributed by atoms with E-state index in [1.165, 1.54) is 6.92 Å². The number of pyridine rings is 1. The first kappa shape index (κ1) is 25.7. The van der Waals surface area contributed by atoms with Crippen LogP contribution in [0.4, 0.5) is 5.69 Å². The van der Waals surface area contributed by atoms with E-state index in [1.54, 1.807) is 48.5 Å². The molecule has 0 bridgehead atoms. The van der Waals surface area contributed by atoms with Gasteiger partial charge in [0.05, 0.1) is 5.92 Å². The van der Waals surface area contributed by atoms with Crippen LogP contribution in [-0.2, 0) is 4.79 Å².